The first kappa shape index (κ1) is 8.88. The highest BCUT2D eigenvalue weighted by Gasteiger charge is 1.92. The van der Waals surface area contributed by atoms with Gasteiger partial charge in [0, 0.05) is 5.71 Å². The van der Waals surface area contributed by atoms with Crippen molar-refractivity contribution in [1.29, 1.82) is 0 Å². The molecular formula is C7H12N2O. The minimum Gasteiger partial charge on any atom is -0.277 e. The van der Waals surface area contributed by atoms with Crippen molar-refractivity contribution in [3.8, 4) is 0 Å². The van der Waals surface area contributed by atoms with Gasteiger partial charge in [-0.05, 0) is 13.8 Å². The molecule has 0 bridgehead atoms. The number of carbonyl (C=O) groups is 1. The summed E-state index contributed by atoms with van der Waals surface area (Å²) in [5, 5.41) is 5.19. The Labute approximate surface area is 61.0 Å². The normalized spacial score (nSPS) is 8.20. The standard InChI is InChI=1S/C7H12N2O/c1-4-5-9(6-10)8-7(2)3/h4,6H,1,5H2,2-3H3. The average Bonchev–Trinajstić information content (AvgIpc) is 1.86. The van der Waals surface area contributed by atoms with Crippen LogP contribution in [0.2, 0.25) is 0 Å². The fraction of sp³-hybridized carbons (Fsp3) is 0.429. The molecule has 0 aliphatic carbocycles. The Morgan fingerprint density at radius 1 is 1.70 bits per heavy atom. The van der Waals surface area contributed by atoms with Gasteiger partial charge in [-0.2, -0.15) is 5.10 Å². The van der Waals surface area contributed by atoms with E-state index < -0.39 is 0 Å². The molecule has 0 aromatic rings. The van der Waals surface area contributed by atoms with Gasteiger partial charge < -0.3 is 0 Å². The summed E-state index contributed by atoms with van der Waals surface area (Å²) in [5.74, 6) is 0. The molecule has 0 unspecified atom stereocenters. The molecule has 0 aliphatic rings. The van der Waals surface area contributed by atoms with Crippen molar-refractivity contribution in [2.75, 3.05) is 6.54 Å². The first-order valence-electron chi connectivity index (χ1n) is 3.05. The largest absolute Gasteiger partial charge is 0.277 e. The number of carbonyl (C=O) groups excluding carboxylic acids is 1. The Kier molecular flexibility index (Phi) is 4.20. The van der Waals surface area contributed by atoms with Gasteiger partial charge in [-0.25, -0.2) is 5.01 Å². The Balaban J connectivity index is 3.94. The fourth-order valence-electron chi connectivity index (χ4n) is 0.497. The molecule has 0 saturated heterocycles. The summed E-state index contributed by atoms with van der Waals surface area (Å²) >= 11 is 0. The predicted octanol–water partition coefficient (Wildman–Crippen LogP) is 1.03. The van der Waals surface area contributed by atoms with E-state index in [1.807, 2.05) is 13.8 Å². The fourth-order valence-corrected chi connectivity index (χ4v) is 0.497. The Bertz CT molecular complexity index is 148. The minimum absolute atomic E-state index is 0.467. The summed E-state index contributed by atoms with van der Waals surface area (Å²) in [5.41, 5.74) is 0.856. The van der Waals surface area contributed by atoms with Crippen molar-refractivity contribution >= 4 is 12.1 Å². The molecule has 3 nitrogen and oxygen atoms in total. The van der Waals surface area contributed by atoms with Crippen LogP contribution in [0.3, 0.4) is 0 Å². The van der Waals surface area contributed by atoms with Crippen molar-refractivity contribution < 1.29 is 4.79 Å². The molecule has 0 spiro atoms. The Morgan fingerprint density at radius 3 is 2.60 bits per heavy atom. The van der Waals surface area contributed by atoms with E-state index in [-0.39, 0.29) is 0 Å². The van der Waals surface area contributed by atoms with Gasteiger partial charge >= 0.3 is 0 Å². The van der Waals surface area contributed by atoms with Crippen LogP contribution in [0, 0.1) is 0 Å². The maximum absolute atomic E-state index is 10.2. The highest BCUT2D eigenvalue weighted by Crippen LogP contribution is 1.85. The van der Waals surface area contributed by atoms with Gasteiger partial charge in [0.1, 0.15) is 0 Å². The quantitative estimate of drug-likeness (QED) is 0.248. The van der Waals surface area contributed by atoms with Crippen LogP contribution in [0.1, 0.15) is 13.8 Å². The maximum Gasteiger partial charge on any atom is 0.230 e. The number of hydrogen-bond acceptors (Lipinski definition) is 2. The zero-order chi connectivity index (χ0) is 7.98. The van der Waals surface area contributed by atoms with Crippen LogP contribution in [0.4, 0.5) is 0 Å². The topological polar surface area (TPSA) is 32.7 Å². The zero-order valence-corrected chi connectivity index (χ0v) is 6.37. The second kappa shape index (κ2) is 4.73. The van der Waals surface area contributed by atoms with E-state index in [2.05, 4.69) is 11.7 Å². The smallest absolute Gasteiger partial charge is 0.230 e. The third kappa shape index (κ3) is 3.83. The molecule has 0 heterocycles. The summed E-state index contributed by atoms with van der Waals surface area (Å²) in [4.78, 5) is 10.2. The number of amides is 1. The average molecular weight is 140 g/mol. The van der Waals surface area contributed by atoms with E-state index in [9.17, 15) is 4.79 Å². The van der Waals surface area contributed by atoms with Crippen molar-refractivity contribution in [1.82, 2.24) is 5.01 Å². The van der Waals surface area contributed by atoms with Crippen LogP contribution in [-0.2, 0) is 4.79 Å². The van der Waals surface area contributed by atoms with Crippen LogP contribution in [-0.4, -0.2) is 23.7 Å². The summed E-state index contributed by atoms with van der Waals surface area (Å²) in [6, 6.07) is 0. The molecular weight excluding hydrogens is 128 g/mol. The third-order valence-electron chi connectivity index (χ3n) is 0.766. The molecule has 0 fully saturated rings. The van der Waals surface area contributed by atoms with E-state index >= 15 is 0 Å². The van der Waals surface area contributed by atoms with Gasteiger partial charge in [-0.1, -0.05) is 6.08 Å². The van der Waals surface area contributed by atoms with Crippen LogP contribution in [0.5, 0.6) is 0 Å². The van der Waals surface area contributed by atoms with Crippen LogP contribution >= 0.6 is 0 Å². The molecule has 0 aromatic carbocycles. The molecule has 56 valence electrons. The Hall–Kier alpha value is -1.12. The summed E-state index contributed by atoms with van der Waals surface area (Å²) in [6.07, 6.45) is 2.30. The number of hydrogen-bond donors (Lipinski definition) is 0. The van der Waals surface area contributed by atoms with E-state index in [1.54, 1.807) is 6.08 Å². The maximum atomic E-state index is 10.2. The lowest BCUT2D eigenvalue weighted by Crippen LogP contribution is -2.15. The van der Waals surface area contributed by atoms with Gasteiger partial charge in [0.05, 0.1) is 6.54 Å². The van der Waals surface area contributed by atoms with Gasteiger partial charge in [0.2, 0.25) is 6.41 Å². The van der Waals surface area contributed by atoms with Crippen molar-refractivity contribution in [2.45, 2.75) is 13.8 Å². The molecule has 0 aliphatic heterocycles. The molecule has 10 heavy (non-hydrogen) atoms. The molecule has 0 atom stereocenters. The number of nitrogens with zero attached hydrogens (tertiary/aromatic N) is 2. The highest BCUT2D eigenvalue weighted by molar-refractivity contribution is 5.79. The SMILES string of the molecule is C=CCN(C=O)N=C(C)C. The lowest BCUT2D eigenvalue weighted by Gasteiger charge is -2.07. The van der Waals surface area contributed by atoms with Gasteiger partial charge in [-0.3, -0.25) is 4.79 Å². The molecule has 0 rings (SSSR count). The number of rotatable bonds is 4. The molecule has 0 saturated carbocycles. The zero-order valence-electron chi connectivity index (χ0n) is 6.37. The van der Waals surface area contributed by atoms with Crippen LogP contribution in [0.25, 0.3) is 0 Å². The lowest BCUT2D eigenvalue weighted by atomic mass is 10.5. The Morgan fingerprint density at radius 2 is 2.30 bits per heavy atom. The molecule has 3 heteroatoms. The van der Waals surface area contributed by atoms with Crippen molar-refractivity contribution in [3.05, 3.63) is 12.7 Å². The van der Waals surface area contributed by atoms with Gasteiger partial charge in [-0.15, -0.1) is 6.58 Å². The second-order valence-corrected chi connectivity index (χ2v) is 2.06. The number of hydrazone groups is 1. The van der Waals surface area contributed by atoms with E-state index in [0.29, 0.717) is 13.0 Å². The summed E-state index contributed by atoms with van der Waals surface area (Å²) in [7, 11) is 0. The summed E-state index contributed by atoms with van der Waals surface area (Å²) in [6.45, 7) is 7.62. The van der Waals surface area contributed by atoms with E-state index in [4.69, 9.17) is 0 Å². The first-order chi connectivity index (χ1) is 4.70. The first-order valence-corrected chi connectivity index (χ1v) is 3.05. The van der Waals surface area contributed by atoms with Crippen LogP contribution < -0.4 is 0 Å². The second-order valence-electron chi connectivity index (χ2n) is 2.06. The third-order valence-corrected chi connectivity index (χ3v) is 0.766. The molecule has 0 aromatic heterocycles. The van der Waals surface area contributed by atoms with E-state index in [1.165, 1.54) is 5.01 Å². The van der Waals surface area contributed by atoms with E-state index in [0.717, 1.165) is 5.71 Å². The highest BCUT2D eigenvalue weighted by atomic mass is 16.1. The van der Waals surface area contributed by atoms with Crippen LogP contribution in [0.15, 0.2) is 17.8 Å². The van der Waals surface area contributed by atoms with Gasteiger partial charge in [0.25, 0.3) is 0 Å². The monoisotopic (exact) mass is 140 g/mol. The molecule has 1 amide bonds. The predicted molar refractivity (Wildman–Crippen MR) is 41.8 cm³/mol. The minimum atomic E-state index is 0.467. The van der Waals surface area contributed by atoms with Crippen molar-refractivity contribution in [3.63, 3.8) is 0 Å². The molecule has 0 N–H and O–H groups in total. The van der Waals surface area contributed by atoms with Crippen molar-refractivity contribution in [2.24, 2.45) is 5.10 Å². The summed E-state index contributed by atoms with van der Waals surface area (Å²) < 4.78 is 0. The van der Waals surface area contributed by atoms with Gasteiger partial charge in [0.15, 0.2) is 0 Å². The molecule has 0 radical (unpaired) electrons. The lowest BCUT2D eigenvalue weighted by molar-refractivity contribution is -0.117.